The number of rotatable bonds is 2. The number of fused-ring (bicyclic) bond motifs is 10. The van der Waals surface area contributed by atoms with Gasteiger partial charge >= 0.3 is 0 Å². The van der Waals surface area contributed by atoms with Crippen LogP contribution in [0.4, 0.5) is 0 Å². The van der Waals surface area contributed by atoms with Crippen LogP contribution in [0.5, 0.6) is 0 Å². The second-order valence-electron chi connectivity index (χ2n) is 9.13. The van der Waals surface area contributed by atoms with Gasteiger partial charge in [0, 0.05) is 47.3 Å². The molecule has 164 valence electrons. The third kappa shape index (κ3) is 2.30. The molecule has 0 fully saturated rings. The van der Waals surface area contributed by atoms with Crippen molar-refractivity contribution in [2.75, 3.05) is 20.8 Å². The van der Waals surface area contributed by atoms with Crippen LogP contribution < -0.4 is 5.32 Å². The van der Waals surface area contributed by atoms with Gasteiger partial charge < -0.3 is 14.3 Å². The summed E-state index contributed by atoms with van der Waals surface area (Å²) in [5, 5.41) is 6.19. The zero-order valence-electron chi connectivity index (χ0n) is 18.4. The number of ether oxygens (including phenoxy) is 1. The van der Waals surface area contributed by atoms with E-state index in [1.807, 2.05) is 30.3 Å². The highest BCUT2D eigenvalue weighted by Crippen LogP contribution is 2.44. The molecule has 5 aromatic rings. The number of H-pyrrole nitrogens is 1. The molecule has 2 aliphatic rings. The number of likely N-dealkylation sites (N-methyl/N-ethyl adjacent to an activating group) is 1. The Bertz CT molecular complexity index is 1680. The molecule has 4 heterocycles. The lowest BCUT2D eigenvalue weighted by Crippen LogP contribution is -2.36. The van der Waals surface area contributed by atoms with Gasteiger partial charge in [0.2, 0.25) is 0 Å². The van der Waals surface area contributed by atoms with Crippen molar-refractivity contribution in [2.24, 2.45) is 0 Å². The van der Waals surface area contributed by atoms with Gasteiger partial charge in [-0.2, -0.15) is 0 Å². The van der Waals surface area contributed by atoms with Gasteiger partial charge in [0.05, 0.1) is 40.3 Å². The van der Waals surface area contributed by atoms with Crippen LogP contribution in [-0.4, -0.2) is 53.1 Å². The molecule has 0 saturated heterocycles. The zero-order chi connectivity index (χ0) is 22.4. The molecule has 33 heavy (non-hydrogen) atoms. The smallest absolute Gasteiger partial charge is 0.259 e. The fourth-order valence-electron chi connectivity index (χ4n) is 5.94. The predicted octanol–water partition coefficient (Wildman–Crippen LogP) is 3.77. The molecular formula is C26H22N4O3. The maximum absolute atomic E-state index is 13.1. The van der Waals surface area contributed by atoms with Gasteiger partial charge in [0.1, 0.15) is 0 Å². The first-order chi connectivity index (χ1) is 16.1. The summed E-state index contributed by atoms with van der Waals surface area (Å²) in [5.41, 5.74) is 6.12. The van der Waals surface area contributed by atoms with Crippen molar-refractivity contribution in [3.8, 4) is 0 Å². The molecule has 2 aliphatic heterocycles. The quantitative estimate of drug-likeness (QED) is 0.411. The van der Waals surface area contributed by atoms with Crippen LogP contribution in [0.3, 0.4) is 0 Å². The Hall–Kier alpha value is -3.68. The normalized spacial score (nSPS) is 18.5. The standard InChI is InChI=1S/C26H22N4O3/c1-29-10-13-6-5-8-16-19-21-20(25(31)28-26(21)32)18-15-7-3-4-9-17(15)27-22(18)24(19)30(23(13)16)11-14(29)12-33-2/h3-9,14,27H,10-12H2,1-2H3,(H,28,31,32)/t14-/m1/s1. The topological polar surface area (TPSA) is 79.4 Å². The second-order valence-corrected chi connectivity index (χ2v) is 9.13. The van der Waals surface area contributed by atoms with Gasteiger partial charge in [-0.15, -0.1) is 0 Å². The van der Waals surface area contributed by atoms with Crippen LogP contribution in [0.25, 0.3) is 43.6 Å². The number of para-hydroxylation sites is 2. The summed E-state index contributed by atoms with van der Waals surface area (Å²) in [4.78, 5) is 32.1. The van der Waals surface area contributed by atoms with Gasteiger partial charge in [-0.3, -0.25) is 19.8 Å². The first-order valence-electron chi connectivity index (χ1n) is 11.1. The lowest BCUT2D eigenvalue weighted by atomic mass is 9.96. The molecule has 0 bridgehead atoms. The number of carbonyl (C=O) groups is 2. The highest BCUT2D eigenvalue weighted by atomic mass is 16.5. The lowest BCUT2D eigenvalue weighted by Gasteiger charge is -2.25. The number of amides is 2. The molecule has 2 N–H and O–H groups in total. The molecule has 7 heteroatoms. The van der Waals surface area contributed by atoms with Crippen LogP contribution in [0.1, 0.15) is 26.3 Å². The first kappa shape index (κ1) is 18.8. The summed E-state index contributed by atoms with van der Waals surface area (Å²) in [6, 6.07) is 14.4. The van der Waals surface area contributed by atoms with Crippen LogP contribution in [0.2, 0.25) is 0 Å². The summed E-state index contributed by atoms with van der Waals surface area (Å²) in [5.74, 6) is -0.646. The fourth-order valence-corrected chi connectivity index (χ4v) is 5.94. The lowest BCUT2D eigenvalue weighted by molar-refractivity contribution is 0.0880. The van der Waals surface area contributed by atoms with Gasteiger partial charge in [0.25, 0.3) is 11.8 Å². The van der Waals surface area contributed by atoms with Gasteiger partial charge in [0.15, 0.2) is 0 Å². The molecule has 2 amide bonds. The van der Waals surface area contributed by atoms with E-state index < -0.39 is 0 Å². The SMILES string of the molecule is COC[C@H]1Cn2c3c(cccc3c3c4c(c5c6ccccc6[nH]c5c32)C(=O)NC4=O)CN1C. The number of aromatic amines is 1. The number of benzene rings is 3. The van der Waals surface area contributed by atoms with Crippen molar-refractivity contribution in [3.05, 3.63) is 59.2 Å². The van der Waals surface area contributed by atoms with E-state index in [1.54, 1.807) is 7.11 Å². The van der Waals surface area contributed by atoms with E-state index in [0.717, 1.165) is 56.7 Å². The summed E-state index contributed by atoms with van der Waals surface area (Å²) in [6.07, 6.45) is 0. The third-order valence-electron chi connectivity index (χ3n) is 7.34. The van der Waals surface area contributed by atoms with Crippen molar-refractivity contribution in [3.63, 3.8) is 0 Å². The number of carbonyl (C=O) groups excluding carboxylic acids is 2. The minimum atomic E-state index is -0.326. The van der Waals surface area contributed by atoms with Crippen LogP contribution in [-0.2, 0) is 17.8 Å². The zero-order valence-corrected chi connectivity index (χ0v) is 18.4. The van der Waals surface area contributed by atoms with Crippen molar-refractivity contribution < 1.29 is 14.3 Å². The highest BCUT2D eigenvalue weighted by Gasteiger charge is 2.37. The molecule has 2 aromatic heterocycles. The minimum Gasteiger partial charge on any atom is -0.383 e. The summed E-state index contributed by atoms with van der Waals surface area (Å²) in [6.45, 7) is 2.11. The minimum absolute atomic E-state index is 0.171. The monoisotopic (exact) mass is 438 g/mol. The number of aromatic nitrogens is 2. The van der Waals surface area contributed by atoms with Gasteiger partial charge in [-0.25, -0.2) is 0 Å². The van der Waals surface area contributed by atoms with Crippen LogP contribution in [0.15, 0.2) is 42.5 Å². The first-order valence-corrected chi connectivity index (χ1v) is 11.1. The van der Waals surface area contributed by atoms with E-state index in [1.165, 1.54) is 5.56 Å². The number of nitrogens with one attached hydrogen (secondary N) is 2. The predicted molar refractivity (Wildman–Crippen MR) is 128 cm³/mol. The number of hydrogen-bond acceptors (Lipinski definition) is 4. The maximum atomic E-state index is 13.1. The molecule has 0 spiro atoms. The Kier molecular flexibility index (Phi) is 3.67. The summed E-state index contributed by atoms with van der Waals surface area (Å²) in [7, 11) is 3.85. The number of nitrogens with zero attached hydrogens (tertiary/aromatic N) is 2. The number of methoxy groups -OCH3 is 1. The Morgan fingerprint density at radius 2 is 1.73 bits per heavy atom. The number of imide groups is 1. The van der Waals surface area contributed by atoms with Crippen molar-refractivity contribution in [2.45, 2.75) is 19.1 Å². The highest BCUT2D eigenvalue weighted by molar-refractivity contribution is 6.39. The largest absolute Gasteiger partial charge is 0.383 e. The Labute approximate surface area is 188 Å². The molecule has 1 atom stereocenters. The molecule has 0 aliphatic carbocycles. The molecule has 7 rings (SSSR count). The van der Waals surface area contributed by atoms with Gasteiger partial charge in [-0.1, -0.05) is 36.4 Å². The maximum Gasteiger partial charge on any atom is 0.259 e. The summed E-state index contributed by atoms with van der Waals surface area (Å²) < 4.78 is 7.89. The molecule has 0 saturated carbocycles. The average molecular weight is 438 g/mol. The van der Waals surface area contributed by atoms with E-state index in [4.69, 9.17) is 4.74 Å². The molecule has 0 radical (unpaired) electrons. The molecular weight excluding hydrogens is 416 g/mol. The fraction of sp³-hybridized carbons (Fsp3) is 0.231. The van der Waals surface area contributed by atoms with E-state index in [9.17, 15) is 9.59 Å². The van der Waals surface area contributed by atoms with E-state index >= 15 is 0 Å². The van der Waals surface area contributed by atoms with Gasteiger partial charge in [-0.05, 0) is 18.7 Å². The number of hydrogen-bond donors (Lipinski definition) is 2. The van der Waals surface area contributed by atoms with Crippen molar-refractivity contribution in [1.82, 2.24) is 19.8 Å². The molecule has 7 nitrogen and oxygen atoms in total. The third-order valence-corrected chi connectivity index (χ3v) is 7.34. The van der Waals surface area contributed by atoms with E-state index in [0.29, 0.717) is 17.7 Å². The van der Waals surface area contributed by atoms with E-state index in [2.05, 4.69) is 38.9 Å². The van der Waals surface area contributed by atoms with E-state index in [-0.39, 0.29) is 17.9 Å². The average Bonchev–Trinajstić information content (AvgIpc) is 3.40. The second kappa shape index (κ2) is 6.43. The Morgan fingerprint density at radius 3 is 2.55 bits per heavy atom. The Balaban J connectivity index is 1.76. The molecule has 0 unspecified atom stereocenters. The summed E-state index contributed by atoms with van der Waals surface area (Å²) >= 11 is 0. The van der Waals surface area contributed by atoms with Crippen LogP contribution >= 0.6 is 0 Å². The van der Waals surface area contributed by atoms with Crippen LogP contribution in [0, 0.1) is 0 Å². The Morgan fingerprint density at radius 1 is 0.970 bits per heavy atom. The van der Waals surface area contributed by atoms with Crippen molar-refractivity contribution >= 4 is 55.4 Å². The van der Waals surface area contributed by atoms with Crippen molar-refractivity contribution in [1.29, 1.82) is 0 Å². The molecule has 3 aromatic carbocycles.